The van der Waals surface area contributed by atoms with Crippen molar-refractivity contribution in [1.82, 2.24) is 5.32 Å². The number of amides is 2. The molecule has 0 bridgehead atoms. The van der Waals surface area contributed by atoms with E-state index in [2.05, 4.69) is 14.8 Å². The summed E-state index contributed by atoms with van der Waals surface area (Å²) in [6, 6.07) is 17.0. The number of hydrogen-bond donors (Lipinski definition) is 4. The van der Waals surface area contributed by atoms with Crippen molar-refractivity contribution in [3.05, 3.63) is 89.0 Å². The molecule has 2 amide bonds. The first-order chi connectivity index (χ1) is 18.4. The van der Waals surface area contributed by atoms with Gasteiger partial charge >= 0.3 is 16.1 Å². The first kappa shape index (κ1) is 29.1. The number of nitrogens with one attached hydrogen (secondary N) is 3. The summed E-state index contributed by atoms with van der Waals surface area (Å²) < 4.78 is 28.1. The molecule has 0 unspecified atom stereocenters. The smallest absolute Gasteiger partial charge is 0.354 e. The molecule has 3 aromatic rings. The van der Waals surface area contributed by atoms with Gasteiger partial charge in [-0.05, 0) is 65.9 Å². The summed E-state index contributed by atoms with van der Waals surface area (Å²) in [6.07, 6.45) is 1.50. The third-order valence-electron chi connectivity index (χ3n) is 5.65. The monoisotopic (exact) mass is 550 g/mol. The van der Waals surface area contributed by atoms with Crippen molar-refractivity contribution in [2.75, 3.05) is 18.1 Å². The van der Waals surface area contributed by atoms with Crippen LogP contribution < -0.4 is 16.4 Å². The maximum atomic E-state index is 13.2. The Bertz CT molecular complexity index is 1520. The number of nitrogen functional groups attached to an aromatic ring is 1. The summed E-state index contributed by atoms with van der Waals surface area (Å²) in [5.74, 6) is -1.85. The Morgan fingerprint density at radius 3 is 2.13 bits per heavy atom. The molecular formula is C28H30N4O6S. The fourth-order valence-electron chi connectivity index (χ4n) is 3.70. The molecule has 0 saturated heterocycles. The second-order valence-electron chi connectivity index (χ2n) is 9.26. The maximum absolute atomic E-state index is 13.2. The topological polar surface area (TPSA) is 169 Å². The largest absolute Gasteiger partial charge is 0.384 e. The van der Waals surface area contributed by atoms with E-state index in [4.69, 9.17) is 11.1 Å². The SMILES string of the molecule is CC(C)CCNC(=O)c1ccc(-c2ccccc2C(=O)Nc2ccc(C(=N)N)cc2)c(C(=O)OS(C)(=O)=O)c1. The summed E-state index contributed by atoms with van der Waals surface area (Å²) in [7, 11) is -4.16. The lowest BCUT2D eigenvalue weighted by atomic mass is 9.93. The van der Waals surface area contributed by atoms with E-state index in [0.29, 0.717) is 29.3 Å². The molecule has 10 nitrogen and oxygen atoms in total. The molecular weight excluding hydrogens is 520 g/mol. The van der Waals surface area contributed by atoms with Gasteiger partial charge in [0.25, 0.3) is 11.8 Å². The number of anilines is 1. The molecule has 0 spiro atoms. The molecule has 204 valence electrons. The Labute approximate surface area is 227 Å². The van der Waals surface area contributed by atoms with E-state index >= 15 is 0 Å². The molecule has 0 heterocycles. The van der Waals surface area contributed by atoms with Crippen LogP contribution in [-0.4, -0.2) is 44.8 Å². The molecule has 0 radical (unpaired) electrons. The Kier molecular flexibility index (Phi) is 9.20. The highest BCUT2D eigenvalue weighted by Gasteiger charge is 2.23. The molecule has 0 aromatic heterocycles. The van der Waals surface area contributed by atoms with Gasteiger partial charge in [0, 0.05) is 28.9 Å². The van der Waals surface area contributed by atoms with Gasteiger partial charge in [-0.2, -0.15) is 8.42 Å². The van der Waals surface area contributed by atoms with Crippen LogP contribution in [0.25, 0.3) is 11.1 Å². The first-order valence-electron chi connectivity index (χ1n) is 12.1. The normalized spacial score (nSPS) is 11.1. The quantitative estimate of drug-likeness (QED) is 0.169. The van der Waals surface area contributed by atoms with Crippen LogP contribution in [-0.2, 0) is 14.3 Å². The second kappa shape index (κ2) is 12.4. The lowest BCUT2D eigenvalue weighted by Gasteiger charge is -2.15. The van der Waals surface area contributed by atoms with Crippen LogP contribution in [0.5, 0.6) is 0 Å². The van der Waals surface area contributed by atoms with Gasteiger partial charge in [-0.25, -0.2) is 4.79 Å². The minimum absolute atomic E-state index is 0.108. The zero-order valence-electron chi connectivity index (χ0n) is 21.8. The minimum atomic E-state index is -4.16. The molecule has 0 saturated carbocycles. The molecule has 0 aliphatic rings. The van der Waals surface area contributed by atoms with Gasteiger partial charge in [-0.15, -0.1) is 0 Å². The average molecular weight is 551 g/mol. The van der Waals surface area contributed by atoms with Gasteiger partial charge in [-0.1, -0.05) is 38.1 Å². The molecule has 5 N–H and O–H groups in total. The molecule has 0 atom stereocenters. The highest BCUT2D eigenvalue weighted by Crippen LogP contribution is 2.30. The third kappa shape index (κ3) is 7.99. The molecule has 39 heavy (non-hydrogen) atoms. The van der Waals surface area contributed by atoms with Gasteiger partial charge in [0.1, 0.15) is 5.84 Å². The van der Waals surface area contributed by atoms with E-state index in [0.717, 1.165) is 12.7 Å². The average Bonchev–Trinajstić information content (AvgIpc) is 2.87. The fourth-order valence-corrected chi connectivity index (χ4v) is 4.06. The number of hydrogen-bond acceptors (Lipinski definition) is 7. The van der Waals surface area contributed by atoms with Crippen LogP contribution in [0.4, 0.5) is 5.69 Å². The van der Waals surface area contributed by atoms with Crippen molar-refractivity contribution in [1.29, 1.82) is 5.41 Å². The Hall–Kier alpha value is -4.51. The highest BCUT2D eigenvalue weighted by atomic mass is 32.2. The summed E-state index contributed by atoms with van der Waals surface area (Å²) in [5.41, 5.74) is 7.09. The van der Waals surface area contributed by atoms with E-state index in [1.54, 1.807) is 48.5 Å². The summed E-state index contributed by atoms with van der Waals surface area (Å²) in [6.45, 7) is 4.47. The fraction of sp³-hybridized carbons (Fsp3) is 0.214. The number of benzene rings is 3. The predicted octanol–water partition coefficient (Wildman–Crippen LogP) is 3.78. The van der Waals surface area contributed by atoms with E-state index in [-0.39, 0.29) is 28.1 Å². The van der Waals surface area contributed by atoms with Crippen molar-refractivity contribution in [3.8, 4) is 11.1 Å². The van der Waals surface area contributed by atoms with Gasteiger partial charge in [0.05, 0.1) is 11.8 Å². The maximum Gasteiger partial charge on any atom is 0.354 e. The number of carbonyl (C=O) groups is 3. The first-order valence-corrected chi connectivity index (χ1v) is 13.9. The van der Waals surface area contributed by atoms with Crippen LogP contribution in [0, 0.1) is 11.3 Å². The minimum Gasteiger partial charge on any atom is -0.384 e. The Balaban J connectivity index is 2.01. The number of rotatable bonds is 10. The van der Waals surface area contributed by atoms with Crippen molar-refractivity contribution in [3.63, 3.8) is 0 Å². The van der Waals surface area contributed by atoms with Gasteiger partial charge in [0.2, 0.25) is 0 Å². The standard InChI is InChI=1S/C28H30N4O6S/c1-17(2)14-15-31-26(33)19-10-13-22(24(16-19)28(35)38-39(3,36)37)21-6-4-5-7-23(21)27(34)32-20-11-8-18(9-12-20)25(29)30/h4-13,16-17H,14-15H2,1-3H3,(H3,29,30)(H,31,33)(H,32,34). The lowest BCUT2D eigenvalue weighted by molar-refractivity contribution is 0.0748. The van der Waals surface area contributed by atoms with Crippen LogP contribution in [0.15, 0.2) is 66.7 Å². The van der Waals surface area contributed by atoms with Crippen LogP contribution >= 0.6 is 0 Å². The van der Waals surface area contributed by atoms with Crippen LogP contribution in [0.2, 0.25) is 0 Å². The molecule has 3 rings (SSSR count). The molecule has 0 fully saturated rings. The van der Waals surface area contributed by atoms with E-state index < -0.39 is 27.9 Å². The summed E-state index contributed by atoms with van der Waals surface area (Å²) >= 11 is 0. The van der Waals surface area contributed by atoms with E-state index in [1.807, 2.05) is 13.8 Å². The predicted molar refractivity (Wildman–Crippen MR) is 149 cm³/mol. The van der Waals surface area contributed by atoms with Gasteiger partial charge < -0.3 is 20.6 Å². The van der Waals surface area contributed by atoms with E-state index in [1.165, 1.54) is 18.2 Å². The van der Waals surface area contributed by atoms with Crippen molar-refractivity contribution in [2.45, 2.75) is 20.3 Å². The third-order valence-corrected chi connectivity index (χ3v) is 6.11. The Morgan fingerprint density at radius 2 is 1.51 bits per heavy atom. The zero-order valence-corrected chi connectivity index (χ0v) is 22.6. The van der Waals surface area contributed by atoms with Crippen LogP contribution in [0.1, 0.15) is 56.9 Å². The Morgan fingerprint density at radius 1 is 0.897 bits per heavy atom. The van der Waals surface area contributed by atoms with E-state index in [9.17, 15) is 22.8 Å². The van der Waals surface area contributed by atoms with Crippen molar-refractivity contribution >= 4 is 39.4 Å². The number of amidine groups is 1. The second-order valence-corrected chi connectivity index (χ2v) is 10.8. The zero-order chi connectivity index (χ0) is 28.7. The molecule has 0 aliphatic carbocycles. The number of carbonyl (C=O) groups excluding carboxylic acids is 3. The van der Waals surface area contributed by atoms with Crippen molar-refractivity contribution in [2.24, 2.45) is 11.7 Å². The molecule has 0 aliphatic heterocycles. The molecule has 11 heteroatoms. The highest BCUT2D eigenvalue weighted by molar-refractivity contribution is 7.86. The molecule has 3 aromatic carbocycles. The lowest BCUT2D eigenvalue weighted by Crippen LogP contribution is -2.25. The van der Waals surface area contributed by atoms with Gasteiger partial charge in [0.15, 0.2) is 0 Å². The van der Waals surface area contributed by atoms with Crippen molar-refractivity contribution < 1.29 is 27.0 Å². The van der Waals surface area contributed by atoms with Gasteiger partial charge in [-0.3, -0.25) is 15.0 Å². The van der Waals surface area contributed by atoms with Crippen LogP contribution in [0.3, 0.4) is 0 Å². The summed E-state index contributed by atoms with van der Waals surface area (Å²) in [5, 5.41) is 13.0. The number of nitrogens with two attached hydrogens (primary N) is 1. The summed E-state index contributed by atoms with van der Waals surface area (Å²) in [4.78, 5) is 38.9.